The highest BCUT2D eigenvalue weighted by Gasteiger charge is 2.11. The van der Waals surface area contributed by atoms with E-state index >= 15 is 0 Å². The maximum absolute atomic E-state index is 12.3. The summed E-state index contributed by atoms with van der Waals surface area (Å²) in [6.07, 6.45) is 5.27. The fourth-order valence-corrected chi connectivity index (χ4v) is 2.43. The molecule has 0 bridgehead atoms. The molecule has 0 spiro atoms. The highest BCUT2D eigenvalue weighted by atomic mass is 16.1. The number of aromatic amines is 2. The van der Waals surface area contributed by atoms with E-state index in [9.17, 15) is 4.79 Å². The standard InChI is InChI=1S/C17H13N5O/c23-17(20-13-3-4-14-11(8-13)5-7-19-14)16-9-15(21-22-16)12-2-1-6-18-10-12/h1-10,19H,(H,20,23)(H,21,22). The van der Waals surface area contributed by atoms with E-state index in [4.69, 9.17) is 0 Å². The number of carbonyl (C=O) groups is 1. The van der Waals surface area contributed by atoms with Gasteiger partial charge in [-0.05, 0) is 42.5 Å². The van der Waals surface area contributed by atoms with Gasteiger partial charge in [-0.2, -0.15) is 5.10 Å². The molecule has 0 atom stereocenters. The molecule has 3 heterocycles. The van der Waals surface area contributed by atoms with E-state index in [1.54, 1.807) is 18.5 Å². The van der Waals surface area contributed by atoms with Crippen LogP contribution < -0.4 is 5.32 Å². The Kier molecular flexibility index (Phi) is 3.12. The van der Waals surface area contributed by atoms with Gasteiger partial charge in [-0.25, -0.2) is 0 Å². The first-order valence-electron chi connectivity index (χ1n) is 7.14. The highest BCUT2D eigenvalue weighted by Crippen LogP contribution is 2.19. The van der Waals surface area contributed by atoms with Crippen molar-refractivity contribution in [3.05, 3.63) is 66.7 Å². The minimum absolute atomic E-state index is 0.234. The predicted octanol–water partition coefficient (Wildman–Crippen LogP) is 3.21. The number of pyridine rings is 1. The Bertz CT molecular complexity index is 971. The lowest BCUT2D eigenvalue weighted by molar-refractivity contribution is 0.102. The molecule has 0 unspecified atom stereocenters. The second-order valence-corrected chi connectivity index (χ2v) is 5.14. The molecule has 0 aliphatic rings. The van der Waals surface area contributed by atoms with E-state index in [-0.39, 0.29) is 5.91 Å². The largest absolute Gasteiger partial charge is 0.361 e. The number of hydrogen-bond donors (Lipinski definition) is 3. The molecule has 0 saturated heterocycles. The van der Waals surface area contributed by atoms with Crippen LogP contribution in [0.5, 0.6) is 0 Å². The first kappa shape index (κ1) is 13.3. The number of fused-ring (bicyclic) bond motifs is 1. The van der Waals surface area contributed by atoms with E-state index in [0.29, 0.717) is 11.4 Å². The molecule has 112 valence electrons. The van der Waals surface area contributed by atoms with Crippen LogP contribution >= 0.6 is 0 Å². The molecule has 4 rings (SSSR count). The van der Waals surface area contributed by atoms with Crippen LogP contribution in [0.25, 0.3) is 22.2 Å². The summed E-state index contributed by atoms with van der Waals surface area (Å²) >= 11 is 0. The molecule has 4 aromatic rings. The maximum Gasteiger partial charge on any atom is 0.273 e. The Hall–Kier alpha value is -3.41. The zero-order chi connectivity index (χ0) is 15.6. The Morgan fingerprint density at radius 3 is 2.96 bits per heavy atom. The quantitative estimate of drug-likeness (QED) is 0.543. The van der Waals surface area contributed by atoms with Crippen molar-refractivity contribution in [2.45, 2.75) is 0 Å². The van der Waals surface area contributed by atoms with Gasteiger partial charge in [0.15, 0.2) is 0 Å². The number of anilines is 1. The van der Waals surface area contributed by atoms with Crippen molar-refractivity contribution in [2.24, 2.45) is 0 Å². The van der Waals surface area contributed by atoms with E-state index in [2.05, 4.69) is 25.5 Å². The minimum atomic E-state index is -0.234. The highest BCUT2D eigenvalue weighted by molar-refractivity contribution is 6.04. The molecule has 0 fully saturated rings. The third-order valence-corrected chi connectivity index (χ3v) is 3.59. The van der Waals surface area contributed by atoms with Gasteiger partial charge in [0.1, 0.15) is 5.69 Å². The molecule has 1 aromatic carbocycles. The summed E-state index contributed by atoms with van der Waals surface area (Å²) in [5.41, 5.74) is 3.71. The zero-order valence-electron chi connectivity index (χ0n) is 12.1. The second-order valence-electron chi connectivity index (χ2n) is 5.14. The number of benzene rings is 1. The van der Waals surface area contributed by atoms with Crippen LogP contribution in [0.4, 0.5) is 5.69 Å². The van der Waals surface area contributed by atoms with Crippen LogP contribution in [0.2, 0.25) is 0 Å². The maximum atomic E-state index is 12.3. The first-order valence-corrected chi connectivity index (χ1v) is 7.14. The normalized spacial score (nSPS) is 10.8. The molecule has 6 nitrogen and oxygen atoms in total. The number of nitrogens with one attached hydrogen (secondary N) is 3. The van der Waals surface area contributed by atoms with Crippen molar-refractivity contribution in [2.75, 3.05) is 5.32 Å². The first-order chi connectivity index (χ1) is 11.3. The minimum Gasteiger partial charge on any atom is -0.361 e. The Morgan fingerprint density at radius 2 is 2.09 bits per heavy atom. The molecule has 0 aliphatic heterocycles. The van der Waals surface area contributed by atoms with E-state index in [1.165, 1.54) is 0 Å². The predicted molar refractivity (Wildman–Crippen MR) is 88.1 cm³/mol. The number of carbonyl (C=O) groups excluding carboxylic acids is 1. The lowest BCUT2D eigenvalue weighted by Crippen LogP contribution is -2.12. The van der Waals surface area contributed by atoms with Gasteiger partial charge in [0.05, 0.1) is 5.69 Å². The SMILES string of the molecule is O=C(Nc1ccc2[nH]ccc2c1)c1cc(-c2cccnc2)n[nH]1. The van der Waals surface area contributed by atoms with Gasteiger partial charge < -0.3 is 10.3 Å². The molecule has 6 heteroatoms. The molecule has 23 heavy (non-hydrogen) atoms. The number of hydrogen-bond acceptors (Lipinski definition) is 3. The zero-order valence-corrected chi connectivity index (χ0v) is 12.1. The van der Waals surface area contributed by atoms with Crippen LogP contribution in [-0.4, -0.2) is 26.1 Å². The summed E-state index contributed by atoms with van der Waals surface area (Å²) in [5, 5.41) is 10.8. The number of nitrogens with zero attached hydrogens (tertiary/aromatic N) is 2. The lowest BCUT2D eigenvalue weighted by Gasteiger charge is -2.03. The van der Waals surface area contributed by atoms with Crippen molar-refractivity contribution in [1.82, 2.24) is 20.2 Å². The van der Waals surface area contributed by atoms with Gasteiger partial charge in [-0.15, -0.1) is 0 Å². The number of amides is 1. The van der Waals surface area contributed by atoms with E-state index in [1.807, 2.05) is 42.6 Å². The van der Waals surface area contributed by atoms with E-state index in [0.717, 1.165) is 22.2 Å². The van der Waals surface area contributed by atoms with E-state index < -0.39 is 0 Å². The van der Waals surface area contributed by atoms with Gasteiger partial charge in [-0.3, -0.25) is 14.9 Å². The van der Waals surface area contributed by atoms with Crippen LogP contribution in [0.1, 0.15) is 10.5 Å². The van der Waals surface area contributed by atoms with Crippen LogP contribution in [-0.2, 0) is 0 Å². The smallest absolute Gasteiger partial charge is 0.273 e. The Balaban J connectivity index is 1.56. The van der Waals surface area contributed by atoms with Crippen molar-refractivity contribution in [3.8, 4) is 11.3 Å². The number of rotatable bonds is 3. The number of aromatic nitrogens is 4. The molecular weight excluding hydrogens is 290 g/mol. The average molecular weight is 303 g/mol. The Labute approximate surface area is 131 Å². The third-order valence-electron chi connectivity index (χ3n) is 3.59. The summed E-state index contributed by atoms with van der Waals surface area (Å²) in [5.74, 6) is -0.234. The average Bonchev–Trinajstić information content (AvgIpc) is 3.24. The Morgan fingerprint density at radius 1 is 1.13 bits per heavy atom. The van der Waals surface area contributed by atoms with Crippen molar-refractivity contribution in [1.29, 1.82) is 0 Å². The van der Waals surface area contributed by atoms with Crippen LogP contribution in [0.15, 0.2) is 61.1 Å². The molecule has 3 N–H and O–H groups in total. The summed E-state index contributed by atoms with van der Waals surface area (Å²) in [6, 6.07) is 13.1. The molecule has 0 aliphatic carbocycles. The van der Waals surface area contributed by atoms with Gasteiger partial charge in [0, 0.05) is 40.7 Å². The number of H-pyrrole nitrogens is 2. The summed E-state index contributed by atoms with van der Waals surface area (Å²) < 4.78 is 0. The summed E-state index contributed by atoms with van der Waals surface area (Å²) in [4.78, 5) is 19.5. The monoisotopic (exact) mass is 303 g/mol. The third kappa shape index (κ3) is 2.57. The fourth-order valence-electron chi connectivity index (χ4n) is 2.43. The van der Waals surface area contributed by atoms with Crippen LogP contribution in [0.3, 0.4) is 0 Å². The van der Waals surface area contributed by atoms with Crippen molar-refractivity contribution < 1.29 is 4.79 Å². The van der Waals surface area contributed by atoms with Gasteiger partial charge in [0.2, 0.25) is 0 Å². The van der Waals surface area contributed by atoms with Crippen LogP contribution in [0, 0.1) is 0 Å². The summed E-state index contributed by atoms with van der Waals surface area (Å²) in [6.45, 7) is 0. The van der Waals surface area contributed by atoms with Crippen molar-refractivity contribution in [3.63, 3.8) is 0 Å². The molecule has 3 aromatic heterocycles. The lowest BCUT2D eigenvalue weighted by atomic mass is 10.2. The van der Waals surface area contributed by atoms with Gasteiger partial charge in [0.25, 0.3) is 5.91 Å². The second kappa shape index (κ2) is 5.42. The molecule has 1 amide bonds. The molecule has 0 radical (unpaired) electrons. The molecule has 0 saturated carbocycles. The van der Waals surface area contributed by atoms with Crippen molar-refractivity contribution >= 4 is 22.5 Å². The molecular formula is C17H13N5O. The fraction of sp³-hybridized carbons (Fsp3) is 0. The van der Waals surface area contributed by atoms with Gasteiger partial charge >= 0.3 is 0 Å². The summed E-state index contributed by atoms with van der Waals surface area (Å²) in [7, 11) is 0. The topological polar surface area (TPSA) is 86.5 Å². The van der Waals surface area contributed by atoms with Gasteiger partial charge in [-0.1, -0.05) is 0 Å².